The highest BCUT2D eigenvalue weighted by molar-refractivity contribution is 6.37. The van der Waals surface area contributed by atoms with E-state index in [0.29, 0.717) is 5.56 Å². The van der Waals surface area contributed by atoms with Gasteiger partial charge in [0.25, 0.3) is 0 Å². The molecule has 0 aliphatic heterocycles. The zero-order chi connectivity index (χ0) is 22.6. The summed E-state index contributed by atoms with van der Waals surface area (Å²) in [5.74, 6) is -3.42. The van der Waals surface area contributed by atoms with Gasteiger partial charge in [0, 0.05) is 37.2 Å². The molecule has 0 saturated heterocycles. The van der Waals surface area contributed by atoms with Gasteiger partial charge in [-0.25, -0.2) is 0 Å². The first kappa shape index (κ1) is 22.8. The highest BCUT2D eigenvalue weighted by Crippen LogP contribution is 2.49. The number of carbonyl (C=O) groups is 3. The summed E-state index contributed by atoms with van der Waals surface area (Å²) < 4.78 is 0. The first-order chi connectivity index (χ1) is 13.7. The number of ketones is 3. The highest BCUT2D eigenvalue weighted by atomic mass is 35.5. The molecular formula is C23H26Cl2O5. The molecular weight excluding hydrogens is 427 g/mol. The second-order valence-corrected chi connectivity index (χ2v) is 10.9. The number of aromatic hydroxyl groups is 1. The average molecular weight is 453 g/mol. The smallest absolute Gasteiger partial charge is 0.163 e. The standard InChI is InChI=1S/C23H26Cl2O5/c1-22(2)7-14(26)19(15(27)8-22)18(11-5-12(24)21(30)13(25)6-11)20-16(28)9-23(3,4)10-17(20)29/h5-6,18-19,28,30H,7-10H2,1-4H3. The van der Waals surface area contributed by atoms with Crippen molar-refractivity contribution in [2.45, 2.75) is 59.3 Å². The summed E-state index contributed by atoms with van der Waals surface area (Å²) in [6, 6.07) is 2.81. The van der Waals surface area contributed by atoms with Crippen LogP contribution < -0.4 is 0 Å². The van der Waals surface area contributed by atoms with Gasteiger partial charge in [-0.1, -0.05) is 50.9 Å². The number of hydrogen-bond acceptors (Lipinski definition) is 5. The summed E-state index contributed by atoms with van der Waals surface area (Å²) in [6.07, 6.45) is 0.814. The molecule has 1 unspecified atom stereocenters. The lowest BCUT2D eigenvalue weighted by Gasteiger charge is -2.39. The molecule has 0 aromatic heterocycles. The Morgan fingerprint density at radius 3 is 1.80 bits per heavy atom. The molecule has 2 aliphatic carbocycles. The minimum Gasteiger partial charge on any atom is -0.512 e. The van der Waals surface area contributed by atoms with Gasteiger partial charge < -0.3 is 10.2 Å². The number of aliphatic hydroxyl groups excluding tert-OH is 1. The van der Waals surface area contributed by atoms with Gasteiger partial charge in [-0.05, 0) is 28.5 Å². The van der Waals surface area contributed by atoms with Crippen molar-refractivity contribution in [3.05, 3.63) is 39.1 Å². The number of rotatable bonds is 3. The molecule has 5 nitrogen and oxygen atoms in total. The molecule has 30 heavy (non-hydrogen) atoms. The molecule has 0 bridgehead atoms. The normalized spacial score (nSPS) is 23.1. The zero-order valence-corrected chi connectivity index (χ0v) is 19.0. The Morgan fingerprint density at radius 2 is 1.33 bits per heavy atom. The molecule has 3 rings (SSSR count). The SMILES string of the molecule is CC1(C)CC(=O)C(C(C2=C(O)CC(C)(C)CC2=O)c2cc(Cl)c(O)c(Cl)c2)C(=O)C1. The maximum atomic E-state index is 13.1. The largest absolute Gasteiger partial charge is 0.512 e. The first-order valence-electron chi connectivity index (χ1n) is 9.91. The lowest BCUT2D eigenvalue weighted by molar-refractivity contribution is -0.140. The molecule has 2 aliphatic rings. The molecule has 1 atom stereocenters. The van der Waals surface area contributed by atoms with Crippen LogP contribution in [0.1, 0.15) is 64.9 Å². The Labute approximate surface area is 186 Å². The molecule has 2 N–H and O–H groups in total. The highest BCUT2D eigenvalue weighted by Gasteiger charge is 2.48. The Hall–Kier alpha value is -1.85. The van der Waals surface area contributed by atoms with Crippen molar-refractivity contribution < 1.29 is 24.6 Å². The van der Waals surface area contributed by atoms with E-state index in [9.17, 15) is 24.6 Å². The minimum atomic E-state index is -1.11. The van der Waals surface area contributed by atoms with Crippen molar-refractivity contribution in [3.63, 3.8) is 0 Å². The van der Waals surface area contributed by atoms with Crippen LogP contribution in [0.5, 0.6) is 5.75 Å². The third-order valence-corrected chi connectivity index (χ3v) is 6.51. The van der Waals surface area contributed by atoms with E-state index in [2.05, 4.69) is 0 Å². The fraction of sp³-hybridized carbons (Fsp3) is 0.522. The van der Waals surface area contributed by atoms with Crippen LogP contribution in [0.4, 0.5) is 0 Å². The molecule has 0 spiro atoms. The van der Waals surface area contributed by atoms with Crippen molar-refractivity contribution >= 4 is 40.6 Å². The second kappa shape index (κ2) is 7.69. The summed E-state index contributed by atoms with van der Waals surface area (Å²) in [6.45, 7) is 7.46. The number of carbonyl (C=O) groups excluding carboxylic acids is 3. The van der Waals surface area contributed by atoms with Gasteiger partial charge in [0.15, 0.2) is 11.5 Å². The van der Waals surface area contributed by atoms with E-state index in [0.717, 1.165) is 0 Å². The summed E-state index contributed by atoms with van der Waals surface area (Å²) in [5.41, 5.74) is -0.474. The van der Waals surface area contributed by atoms with Gasteiger partial charge in [0.05, 0.1) is 16.0 Å². The number of aliphatic hydroxyl groups is 1. The van der Waals surface area contributed by atoms with E-state index in [1.165, 1.54) is 12.1 Å². The van der Waals surface area contributed by atoms with Crippen LogP contribution in [0.15, 0.2) is 23.5 Å². The summed E-state index contributed by atoms with van der Waals surface area (Å²) in [5, 5.41) is 20.7. The van der Waals surface area contributed by atoms with Gasteiger partial charge in [-0.3, -0.25) is 14.4 Å². The van der Waals surface area contributed by atoms with Crippen molar-refractivity contribution in [2.24, 2.45) is 16.7 Å². The van der Waals surface area contributed by atoms with Crippen LogP contribution in [0, 0.1) is 16.7 Å². The lowest BCUT2D eigenvalue weighted by atomic mass is 9.62. The average Bonchev–Trinajstić information content (AvgIpc) is 2.54. The van der Waals surface area contributed by atoms with E-state index in [-0.39, 0.29) is 70.2 Å². The van der Waals surface area contributed by atoms with E-state index in [1.54, 1.807) is 0 Å². The van der Waals surface area contributed by atoms with Gasteiger partial charge >= 0.3 is 0 Å². The molecule has 0 amide bonds. The van der Waals surface area contributed by atoms with Gasteiger partial charge in [0.1, 0.15) is 17.3 Å². The van der Waals surface area contributed by atoms with Crippen molar-refractivity contribution in [3.8, 4) is 5.75 Å². The quantitative estimate of drug-likeness (QED) is 0.585. The van der Waals surface area contributed by atoms with E-state index in [4.69, 9.17) is 23.2 Å². The van der Waals surface area contributed by atoms with Crippen LogP contribution in [-0.2, 0) is 14.4 Å². The number of phenolic OH excluding ortho intramolecular Hbond substituents is 1. The molecule has 0 radical (unpaired) electrons. The molecule has 1 saturated carbocycles. The number of phenols is 1. The lowest BCUT2D eigenvalue weighted by Crippen LogP contribution is -2.43. The van der Waals surface area contributed by atoms with Crippen LogP contribution in [0.3, 0.4) is 0 Å². The van der Waals surface area contributed by atoms with Crippen molar-refractivity contribution in [1.29, 1.82) is 0 Å². The van der Waals surface area contributed by atoms with Crippen LogP contribution in [0.25, 0.3) is 0 Å². The number of Topliss-reactive ketones (excluding diaryl/α,β-unsaturated/α-hetero) is 3. The molecule has 0 heterocycles. The van der Waals surface area contributed by atoms with E-state index < -0.39 is 22.7 Å². The van der Waals surface area contributed by atoms with E-state index >= 15 is 0 Å². The number of benzene rings is 1. The molecule has 162 valence electrons. The maximum absolute atomic E-state index is 13.1. The third kappa shape index (κ3) is 4.28. The van der Waals surface area contributed by atoms with Crippen molar-refractivity contribution in [1.82, 2.24) is 0 Å². The maximum Gasteiger partial charge on any atom is 0.163 e. The monoisotopic (exact) mass is 452 g/mol. The van der Waals surface area contributed by atoms with E-state index in [1.807, 2.05) is 27.7 Å². The molecule has 1 fully saturated rings. The Morgan fingerprint density at radius 1 is 0.867 bits per heavy atom. The number of allylic oxidation sites excluding steroid dienone is 2. The van der Waals surface area contributed by atoms with Crippen LogP contribution in [0.2, 0.25) is 10.0 Å². The molecule has 1 aromatic rings. The first-order valence-corrected chi connectivity index (χ1v) is 10.7. The van der Waals surface area contributed by atoms with Gasteiger partial charge in [0.2, 0.25) is 0 Å². The fourth-order valence-electron chi connectivity index (χ4n) is 4.72. The summed E-state index contributed by atoms with van der Waals surface area (Å²) in [7, 11) is 0. The van der Waals surface area contributed by atoms with Gasteiger partial charge in [-0.15, -0.1) is 0 Å². The van der Waals surface area contributed by atoms with Gasteiger partial charge in [-0.2, -0.15) is 0 Å². The fourth-order valence-corrected chi connectivity index (χ4v) is 5.23. The Kier molecular flexibility index (Phi) is 5.85. The number of halogens is 2. The van der Waals surface area contributed by atoms with Crippen LogP contribution >= 0.6 is 23.2 Å². The predicted molar refractivity (Wildman–Crippen MR) is 115 cm³/mol. The minimum absolute atomic E-state index is 0.0535. The third-order valence-electron chi connectivity index (χ3n) is 5.94. The second-order valence-electron chi connectivity index (χ2n) is 10.0. The molecule has 1 aromatic carbocycles. The Balaban J connectivity index is 2.22. The summed E-state index contributed by atoms with van der Waals surface area (Å²) >= 11 is 12.2. The topological polar surface area (TPSA) is 91.7 Å². The molecule has 7 heteroatoms. The zero-order valence-electron chi connectivity index (χ0n) is 17.5. The van der Waals surface area contributed by atoms with Crippen molar-refractivity contribution in [2.75, 3.05) is 0 Å². The predicted octanol–water partition coefficient (Wildman–Crippen LogP) is 5.56. The Bertz CT molecular complexity index is 931. The van der Waals surface area contributed by atoms with Crippen LogP contribution in [-0.4, -0.2) is 27.6 Å². The summed E-state index contributed by atoms with van der Waals surface area (Å²) in [4.78, 5) is 39.3. The number of hydrogen-bond donors (Lipinski definition) is 2.